The minimum absolute atomic E-state index is 0.0605. The van der Waals surface area contributed by atoms with Gasteiger partial charge < -0.3 is 15.3 Å². The number of rotatable bonds is 4. The first-order chi connectivity index (χ1) is 7.74. The lowest BCUT2D eigenvalue weighted by Gasteiger charge is -2.23. The van der Waals surface area contributed by atoms with Gasteiger partial charge >= 0.3 is 0 Å². The molecule has 2 aliphatic rings. The largest absolute Gasteiger partial charge is 0.395 e. The minimum Gasteiger partial charge on any atom is -0.395 e. The number of likely N-dealkylation sites (tertiary alicyclic amines) is 1. The van der Waals surface area contributed by atoms with Crippen molar-refractivity contribution in [1.82, 2.24) is 10.2 Å². The number of carbonyl (C=O) groups is 2. The summed E-state index contributed by atoms with van der Waals surface area (Å²) in [7, 11) is 0. The summed E-state index contributed by atoms with van der Waals surface area (Å²) in [4.78, 5) is 25.4. The number of amides is 2. The van der Waals surface area contributed by atoms with Crippen LogP contribution in [0.25, 0.3) is 0 Å². The van der Waals surface area contributed by atoms with Gasteiger partial charge in [0.2, 0.25) is 11.8 Å². The second kappa shape index (κ2) is 4.82. The molecule has 1 saturated heterocycles. The van der Waals surface area contributed by atoms with Crippen molar-refractivity contribution in [1.29, 1.82) is 0 Å². The number of nitrogens with zero attached hydrogens (tertiary/aromatic N) is 1. The molecule has 1 heterocycles. The number of aliphatic hydroxyl groups is 1. The molecule has 0 aromatic rings. The van der Waals surface area contributed by atoms with E-state index in [2.05, 4.69) is 5.32 Å². The lowest BCUT2D eigenvalue weighted by Crippen LogP contribution is -2.47. The van der Waals surface area contributed by atoms with Gasteiger partial charge in [-0.2, -0.15) is 0 Å². The second-order valence-electron chi connectivity index (χ2n) is 4.48. The third-order valence-electron chi connectivity index (χ3n) is 3.18. The van der Waals surface area contributed by atoms with Gasteiger partial charge in [-0.15, -0.1) is 0 Å². The Hall–Kier alpha value is -1.10. The van der Waals surface area contributed by atoms with Crippen LogP contribution in [0, 0.1) is 5.92 Å². The molecule has 0 bridgehead atoms. The summed E-state index contributed by atoms with van der Waals surface area (Å²) in [5.74, 6) is 0.188. The van der Waals surface area contributed by atoms with Gasteiger partial charge in [-0.3, -0.25) is 9.59 Å². The Morgan fingerprint density at radius 2 is 2.06 bits per heavy atom. The third kappa shape index (κ3) is 2.35. The first-order valence-electron chi connectivity index (χ1n) is 5.93. The van der Waals surface area contributed by atoms with Crippen molar-refractivity contribution in [2.45, 2.75) is 31.7 Å². The van der Waals surface area contributed by atoms with E-state index in [9.17, 15) is 9.59 Å². The molecule has 5 heteroatoms. The Morgan fingerprint density at radius 3 is 2.69 bits per heavy atom. The maximum absolute atomic E-state index is 11.9. The highest BCUT2D eigenvalue weighted by molar-refractivity contribution is 5.89. The van der Waals surface area contributed by atoms with Gasteiger partial charge in [0.15, 0.2) is 0 Å². The highest BCUT2D eigenvalue weighted by Gasteiger charge is 2.40. The second-order valence-corrected chi connectivity index (χ2v) is 4.48. The lowest BCUT2D eigenvalue weighted by molar-refractivity contribution is -0.139. The fourth-order valence-corrected chi connectivity index (χ4v) is 2.16. The first kappa shape index (κ1) is 11.4. The van der Waals surface area contributed by atoms with Crippen LogP contribution in [-0.4, -0.2) is 47.6 Å². The number of aliphatic hydroxyl groups excluding tert-OH is 1. The molecule has 1 unspecified atom stereocenters. The third-order valence-corrected chi connectivity index (χ3v) is 3.18. The van der Waals surface area contributed by atoms with Crippen molar-refractivity contribution in [2.75, 3.05) is 19.7 Å². The number of carbonyl (C=O) groups excluding carboxylic acids is 2. The zero-order valence-electron chi connectivity index (χ0n) is 9.32. The molecule has 0 radical (unpaired) electrons. The van der Waals surface area contributed by atoms with Gasteiger partial charge in [0.25, 0.3) is 0 Å². The van der Waals surface area contributed by atoms with Crippen LogP contribution in [-0.2, 0) is 9.59 Å². The molecule has 1 atom stereocenters. The van der Waals surface area contributed by atoms with E-state index in [0.717, 1.165) is 25.7 Å². The summed E-state index contributed by atoms with van der Waals surface area (Å²) in [5.41, 5.74) is 0. The van der Waals surface area contributed by atoms with E-state index in [-0.39, 0.29) is 36.9 Å². The van der Waals surface area contributed by atoms with Gasteiger partial charge in [0.1, 0.15) is 6.04 Å². The molecule has 2 rings (SSSR count). The smallest absolute Gasteiger partial charge is 0.242 e. The standard InChI is InChI=1S/C11H18N2O3/c14-7-5-12-10(15)9-2-1-6-13(9)11(16)8-3-4-8/h8-9,14H,1-7H2,(H,12,15). The SMILES string of the molecule is O=C(NCCO)C1CCCN1C(=O)C1CC1. The predicted molar refractivity (Wildman–Crippen MR) is 57.6 cm³/mol. The molecule has 0 aromatic carbocycles. The Labute approximate surface area is 94.8 Å². The lowest BCUT2D eigenvalue weighted by atomic mass is 10.2. The van der Waals surface area contributed by atoms with Crippen LogP contribution < -0.4 is 5.32 Å². The van der Waals surface area contributed by atoms with Crippen LogP contribution in [0.5, 0.6) is 0 Å². The van der Waals surface area contributed by atoms with E-state index < -0.39 is 0 Å². The van der Waals surface area contributed by atoms with E-state index in [0.29, 0.717) is 6.54 Å². The Morgan fingerprint density at radius 1 is 1.31 bits per heavy atom. The summed E-state index contributed by atoms with van der Waals surface area (Å²) >= 11 is 0. The van der Waals surface area contributed by atoms with Crippen LogP contribution in [0.2, 0.25) is 0 Å². The van der Waals surface area contributed by atoms with Crippen molar-refractivity contribution in [3.05, 3.63) is 0 Å². The summed E-state index contributed by atoms with van der Waals surface area (Å²) in [6.07, 6.45) is 3.59. The van der Waals surface area contributed by atoms with Gasteiger partial charge in [0, 0.05) is 19.0 Å². The molecule has 1 saturated carbocycles. The Balaban J connectivity index is 1.91. The molecule has 5 nitrogen and oxygen atoms in total. The van der Waals surface area contributed by atoms with Crippen LogP contribution in [0.1, 0.15) is 25.7 Å². The van der Waals surface area contributed by atoms with Crippen LogP contribution in [0.4, 0.5) is 0 Å². The molecule has 90 valence electrons. The highest BCUT2D eigenvalue weighted by Crippen LogP contribution is 2.33. The molecule has 16 heavy (non-hydrogen) atoms. The summed E-state index contributed by atoms with van der Waals surface area (Å²) in [5, 5.41) is 11.3. The number of hydrogen-bond donors (Lipinski definition) is 2. The first-order valence-corrected chi connectivity index (χ1v) is 5.93. The van der Waals surface area contributed by atoms with Gasteiger partial charge in [-0.1, -0.05) is 0 Å². The summed E-state index contributed by atoms with van der Waals surface area (Å²) in [6, 6.07) is -0.306. The molecule has 2 N–H and O–H groups in total. The van der Waals surface area contributed by atoms with Crippen LogP contribution >= 0.6 is 0 Å². The normalized spacial score (nSPS) is 24.6. The van der Waals surface area contributed by atoms with Gasteiger partial charge in [0.05, 0.1) is 6.61 Å². The van der Waals surface area contributed by atoms with Gasteiger partial charge in [-0.05, 0) is 25.7 Å². The topological polar surface area (TPSA) is 69.6 Å². The fourth-order valence-electron chi connectivity index (χ4n) is 2.16. The maximum Gasteiger partial charge on any atom is 0.242 e. The van der Waals surface area contributed by atoms with E-state index in [1.165, 1.54) is 0 Å². The molecule has 0 spiro atoms. The van der Waals surface area contributed by atoms with Crippen molar-refractivity contribution >= 4 is 11.8 Å². The molecule has 0 aromatic heterocycles. The maximum atomic E-state index is 11.9. The molecular weight excluding hydrogens is 208 g/mol. The van der Waals surface area contributed by atoms with Crippen molar-refractivity contribution in [3.8, 4) is 0 Å². The fraction of sp³-hybridized carbons (Fsp3) is 0.818. The monoisotopic (exact) mass is 226 g/mol. The number of hydrogen-bond acceptors (Lipinski definition) is 3. The van der Waals surface area contributed by atoms with Crippen molar-refractivity contribution in [2.24, 2.45) is 5.92 Å². The van der Waals surface area contributed by atoms with Crippen molar-refractivity contribution in [3.63, 3.8) is 0 Å². The van der Waals surface area contributed by atoms with E-state index in [1.807, 2.05) is 0 Å². The Bertz CT molecular complexity index is 289. The minimum atomic E-state index is -0.306. The molecule has 1 aliphatic carbocycles. The summed E-state index contributed by atoms with van der Waals surface area (Å²) in [6.45, 7) is 0.905. The van der Waals surface area contributed by atoms with Crippen LogP contribution in [0.15, 0.2) is 0 Å². The van der Waals surface area contributed by atoms with Crippen LogP contribution in [0.3, 0.4) is 0 Å². The zero-order valence-corrected chi connectivity index (χ0v) is 9.32. The van der Waals surface area contributed by atoms with Gasteiger partial charge in [-0.25, -0.2) is 0 Å². The Kier molecular flexibility index (Phi) is 3.43. The highest BCUT2D eigenvalue weighted by atomic mass is 16.3. The predicted octanol–water partition coefficient (Wildman–Crippen LogP) is -0.504. The summed E-state index contributed by atoms with van der Waals surface area (Å²) < 4.78 is 0. The molecule has 2 amide bonds. The van der Waals surface area contributed by atoms with E-state index in [4.69, 9.17) is 5.11 Å². The zero-order chi connectivity index (χ0) is 11.5. The average Bonchev–Trinajstić information content (AvgIpc) is 3.02. The number of nitrogens with one attached hydrogen (secondary N) is 1. The van der Waals surface area contributed by atoms with E-state index in [1.54, 1.807) is 4.90 Å². The molecule has 2 fully saturated rings. The quantitative estimate of drug-likeness (QED) is 0.678. The molecular formula is C11H18N2O3. The average molecular weight is 226 g/mol. The molecule has 1 aliphatic heterocycles. The van der Waals surface area contributed by atoms with E-state index >= 15 is 0 Å². The van der Waals surface area contributed by atoms with Crippen molar-refractivity contribution < 1.29 is 14.7 Å².